The van der Waals surface area contributed by atoms with Crippen molar-refractivity contribution in [3.05, 3.63) is 218 Å². The first-order valence-electron chi connectivity index (χ1n) is 18.7. The standard InChI is InChI=1S/C54H36/c1-3-12-37(13-4-1)39-22-24-41(25-23-39)42-30-32-45(33-31-42)53-49-19-9-10-20-50(49)54(48-21-11-17-44-16-7-8-18-47(44)48)51-35-34-46(36-52(51)53)43-28-26-40(27-29-43)38-14-5-2-6-15-38/h1-36H. The van der Waals surface area contributed by atoms with Crippen molar-refractivity contribution in [1.82, 2.24) is 0 Å². The fraction of sp³-hybridized carbons (Fsp3) is 0. The van der Waals surface area contributed by atoms with Gasteiger partial charge in [0, 0.05) is 0 Å². The van der Waals surface area contributed by atoms with Crippen LogP contribution in [-0.4, -0.2) is 0 Å². The lowest BCUT2D eigenvalue weighted by molar-refractivity contribution is 1.58. The molecule has 0 amide bonds. The molecule has 0 aliphatic rings. The summed E-state index contributed by atoms with van der Waals surface area (Å²) in [4.78, 5) is 0. The van der Waals surface area contributed by atoms with E-state index in [2.05, 4.69) is 218 Å². The highest BCUT2D eigenvalue weighted by atomic mass is 14.2. The Morgan fingerprint density at radius 3 is 1.11 bits per heavy atom. The molecule has 252 valence electrons. The van der Waals surface area contributed by atoms with E-state index in [9.17, 15) is 0 Å². The van der Waals surface area contributed by atoms with E-state index in [1.807, 2.05) is 0 Å². The van der Waals surface area contributed by atoms with Crippen LogP contribution < -0.4 is 0 Å². The van der Waals surface area contributed by atoms with E-state index >= 15 is 0 Å². The first-order valence-corrected chi connectivity index (χ1v) is 18.7. The highest BCUT2D eigenvalue weighted by Gasteiger charge is 2.19. The van der Waals surface area contributed by atoms with E-state index in [1.54, 1.807) is 0 Å². The molecule has 0 heterocycles. The van der Waals surface area contributed by atoms with Gasteiger partial charge in [-0.05, 0) is 105 Å². The van der Waals surface area contributed by atoms with Gasteiger partial charge in [-0.25, -0.2) is 0 Å². The molecule has 0 saturated carbocycles. The molecule has 10 rings (SSSR count). The summed E-state index contributed by atoms with van der Waals surface area (Å²) in [6.07, 6.45) is 0. The Labute approximate surface area is 316 Å². The molecule has 10 aromatic rings. The monoisotopic (exact) mass is 684 g/mol. The van der Waals surface area contributed by atoms with Gasteiger partial charge in [0.15, 0.2) is 0 Å². The Hall–Kier alpha value is -7.02. The van der Waals surface area contributed by atoms with Crippen molar-refractivity contribution >= 4 is 32.3 Å². The van der Waals surface area contributed by atoms with Crippen molar-refractivity contribution in [3.63, 3.8) is 0 Å². The summed E-state index contributed by atoms with van der Waals surface area (Å²) in [5.74, 6) is 0. The Bertz CT molecular complexity index is 2910. The first-order chi connectivity index (χ1) is 26.8. The lowest BCUT2D eigenvalue weighted by Crippen LogP contribution is -1.92. The molecule has 0 aromatic heterocycles. The molecule has 0 unspecified atom stereocenters. The molecular formula is C54H36. The van der Waals surface area contributed by atoms with E-state index in [0.717, 1.165) is 0 Å². The van der Waals surface area contributed by atoms with E-state index < -0.39 is 0 Å². The summed E-state index contributed by atoms with van der Waals surface area (Å²) in [6, 6.07) is 79.7. The van der Waals surface area contributed by atoms with Crippen molar-refractivity contribution in [2.45, 2.75) is 0 Å². The lowest BCUT2D eigenvalue weighted by Gasteiger charge is -2.20. The quantitative estimate of drug-likeness (QED) is 0.153. The van der Waals surface area contributed by atoms with E-state index in [0.29, 0.717) is 0 Å². The maximum absolute atomic E-state index is 2.42. The summed E-state index contributed by atoms with van der Waals surface area (Å²) in [7, 11) is 0. The third kappa shape index (κ3) is 5.66. The Morgan fingerprint density at radius 1 is 0.185 bits per heavy atom. The van der Waals surface area contributed by atoms with Crippen LogP contribution in [0.1, 0.15) is 0 Å². The van der Waals surface area contributed by atoms with Crippen LogP contribution in [0.25, 0.3) is 99.1 Å². The second-order valence-electron chi connectivity index (χ2n) is 14.0. The molecule has 54 heavy (non-hydrogen) atoms. The molecule has 0 aliphatic heterocycles. The Balaban J connectivity index is 1.16. The SMILES string of the molecule is c1ccc(-c2ccc(-c3ccc(-c4c5ccccc5c(-c5cccc6ccccc56)c5ccc(-c6ccc(-c7ccccc7)cc6)cc45)cc3)cc2)cc1. The molecule has 0 N–H and O–H groups in total. The van der Waals surface area contributed by atoms with Crippen LogP contribution in [0.5, 0.6) is 0 Å². The summed E-state index contributed by atoms with van der Waals surface area (Å²) >= 11 is 0. The molecule has 0 bridgehead atoms. The number of hydrogen-bond donors (Lipinski definition) is 0. The van der Waals surface area contributed by atoms with Crippen LogP contribution in [0.15, 0.2) is 218 Å². The second kappa shape index (κ2) is 13.5. The maximum Gasteiger partial charge on any atom is -0.00201 e. The topological polar surface area (TPSA) is 0 Å². The van der Waals surface area contributed by atoms with Gasteiger partial charge in [-0.3, -0.25) is 0 Å². The molecule has 0 heteroatoms. The summed E-state index contributed by atoms with van der Waals surface area (Å²) in [6.45, 7) is 0. The smallest absolute Gasteiger partial charge is 0.00201 e. The van der Waals surface area contributed by atoms with Crippen LogP contribution in [0.3, 0.4) is 0 Å². The maximum atomic E-state index is 2.42. The zero-order valence-corrected chi connectivity index (χ0v) is 29.8. The van der Waals surface area contributed by atoms with Crippen LogP contribution in [-0.2, 0) is 0 Å². The van der Waals surface area contributed by atoms with Gasteiger partial charge < -0.3 is 0 Å². The van der Waals surface area contributed by atoms with Crippen molar-refractivity contribution in [2.24, 2.45) is 0 Å². The molecule has 0 atom stereocenters. The van der Waals surface area contributed by atoms with Gasteiger partial charge in [-0.15, -0.1) is 0 Å². The van der Waals surface area contributed by atoms with E-state index in [-0.39, 0.29) is 0 Å². The lowest BCUT2D eigenvalue weighted by atomic mass is 9.83. The minimum absolute atomic E-state index is 1.21. The van der Waals surface area contributed by atoms with Gasteiger partial charge in [0.05, 0.1) is 0 Å². The minimum Gasteiger partial charge on any atom is -0.0622 e. The zero-order chi connectivity index (χ0) is 35.8. The van der Waals surface area contributed by atoms with Crippen molar-refractivity contribution < 1.29 is 0 Å². The van der Waals surface area contributed by atoms with Gasteiger partial charge in [-0.1, -0.05) is 212 Å². The Morgan fingerprint density at radius 2 is 0.556 bits per heavy atom. The van der Waals surface area contributed by atoms with E-state index in [1.165, 1.54) is 99.1 Å². The molecule has 0 nitrogen and oxygen atoms in total. The molecule has 0 radical (unpaired) electrons. The highest BCUT2D eigenvalue weighted by molar-refractivity contribution is 6.24. The van der Waals surface area contributed by atoms with E-state index in [4.69, 9.17) is 0 Å². The van der Waals surface area contributed by atoms with Crippen LogP contribution in [0.2, 0.25) is 0 Å². The molecule has 0 spiro atoms. The average molecular weight is 685 g/mol. The molecule has 0 saturated heterocycles. The highest BCUT2D eigenvalue weighted by Crippen LogP contribution is 2.46. The van der Waals surface area contributed by atoms with Gasteiger partial charge in [0.25, 0.3) is 0 Å². The van der Waals surface area contributed by atoms with Crippen LogP contribution in [0.4, 0.5) is 0 Å². The predicted octanol–water partition coefficient (Wildman–Crippen LogP) is 15.1. The van der Waals surface area contributed by atoms with Crippen molar-refractivity contribution in [3.8, 4) is 66.8 Å². The summed E-state index contributed by atoms with van der Waals surface area (Å²) in [5, 5.41) is 7.54. The molecule has 0 aliphatic carbocycles. The third-order valence-electron chi connectivity index (χ3n) is 10.9. The third-order valence-corrected chi connectivity index (χ3v) is 10.9. The zero-order valence-electron chi connectivity index (χ0n) is 29.8. The Kier molecular flexibility index (Phi) is 7.93. The number of fused-ring (bicyclic) bond motifs is 3. The number of benzene rings is 10. The molecule has 0 fully saturated rings. The van der Waals surface area contributed by atoms with Gasteiger partial charge in [0.2, 0.25) is 0 Å². The second-order valence-corrected chi connectivity index (χ2v) is 14.0. The fourth-order valence-corrected chi connectivity index (χ4v) is 8.20. The minimum atomic E-state index is 1.21. The first kappa shape index (κ1) is 31.7. The van der Waals surface area contributed by atoms with Gasteiger partial charge >= 0.3 is 0 Å². The molecule has 10 aromatic carbocycles. The van der Waals surface area contributed by atoms with Crippen molar-refractivity contribution in [1.29, 1.82) is 0 Å². The molecular weight excluding hydrogens is 649 g/mol. The fourth-order valence-electron chi connectivity index (χ4n) is 8.20. The predicted molar refractivity (Wildman–Crippen MR) is 232 cm³/mol. The number of hydrogen-bond acceptors (Lipinski definition) is 0. The summed E-state index contributed by atoms with van der Waals surface area (Å²) in [5.41, 5.74) is 14.8. The average Bonchev–Trinajstić information content (AvgIpc) is 3.26. The van der Waals surface area contributed by atoms with Crippen LogP contribution in [0, 0.1) is 0 Å². The van der Waals surface area contributed by atoms with Gasteiger partial charge in [-0.2, -0.15) is 0 Å². The summed E-state index contributed by atoms with van der Waals surface area (Å²) < 4.78 is 0. The van der Waals surface area contributed by atoms with Crippen molar-refractivity contribution in [2.75, 3.05) is 0 Å². The largest absolute Gasteiger partial charge is 0.0622 e. The normalized spacial score (nSPS) is 11.3. The van der Waals surface area contributed by atoms with Crippen LogP contribution >= 0.6 is 0 Å². The van der Waals surface area contributed by atoms with Gasteiger partial charge in [0.1, 0.15) is 0 Å². The number of rotatable bonds is 6.